The molecule has 0 amide bonds. The third-order valence-electron chi connectivity index (χ3n) is 4.05. The standard InChI is InChI=1S/C19H23N3O/c1-15(10-11-20)13-23-18-9-5-8-17-19(18)21-14-22(17)12-16-6-3-2-4-7-16/h2-9,11,15,20-21H,10,12-14H2,1H3. The van der Waals surface area contributed by atoms with E-state index in [1.165, 1.54) is 17.5 Å². The highest BCUT2D eigenvalue weighted by Gasteiger charge is 2.22. The van der Waals surface area contributed by atoms with E-state index in [0.29, 0.717) is 12.5 Å². The topological polar surface area (TPSA) is 48.4 Å². The number of nitrogens with one attached hydrogen (secondary N) is 2. The van der Waals surface area contributed by atoms with Crippen LogP contribution in [-0.4, -0.2) is 19.5 Å². The van der Waals surface area contributed by atoms with Gasteiger partial charge in [-0.05, 0) is 36.2 Å². The molecule has 23 heavy (non-hydrogen) atoms. The van der Waals surface area contributed by atoms with Crippen molar-refractivity contribution in [3.8, 4) is 5.75 Å². The molecule has 4 nitrogen and oxygen atoms in total. The van der Waals surface area contributed by atoms with Crippen LogP contribution in [0.5, 0.6) is 5.75 Å². The predicted octanol–water partition coefficient (Wildman–Crippen LogP) is 4.13. The third kappa shape index (κ3) is 3.65. The lowest BCUT2D eigenvalue weighted by atomic mass is 10.1. The minimum Gasteiger partial charge on any atom is -0.491 e. The van der Waals surface area contributed by atoms with Crippen LogP contribution < -0.4 is 15.0 Å². The molecule has 0 saturated heterocycles. The monoisotopic (exact) mass is 309 g/mol. The Morgan fingerprint density at radius 2 is 2.04 bits per heavy atom. The van der Waals surface area contributed by atoms with Crippen LogP contribution in [0.1, 0.15) is 18.9 Å². The molecule has 1 heterocycles. The second-order valence-corrected chi connectivity index (χ2v) is 6.02. The van der Waals surface area contributed by atoms with Gasteiger partial charge in [-0.1, -0.05) is 43.3 Å². The van der Waals surface area contributed by atoms with Crippen molar-refractivity contribution in [2.24, 2.45) is 5.92 Å². The van der Waals surface area contributed by atoms with Gasteiger partial charge in [-0.15, -0.1) is 0 Å². The fourth-order valence-corrected chi connectivity index (χ4v) is 2.79. The van der Waals surface area contributed by atoms with Crippen molar-refractivity contribution in [1.82, 2.24) is 0 Å². The molecule has 0 fully saturated rings. The summed E-state index contributed by atoms with van der Waals surface area (Å²) in [5.74, 6) is 1.25. The molecular weight excluding hydrogens is 286 g/mol. The van der Waals surface area contributed by atoms with E-state index in [1.54, 1.807) is 0 Å². The molecule has 1 unspecified atom stereocenters. The quantitative estimate of drug-likeness (QED) is 0.756. The van der Waals surface area contributed by atoms with Gasteiger partial charge in [-0.25, -0.2) is 0 Å². The van der Waals surface area contributed by atoms with E-state index in [1.807, 2.05) is 18.2 Å². The van der Waals surface area contributed by atoms with Crippen LogP contribution >= 0.6 is 0 Å². The highest BCUT2D eigenvalue weighted by atomic mass is 16.5. The zero-order valence-electron chi connectivity index (χ0n) is 13.5. The second-order valence-electron chi connectivity index (χ2n) is 6.02. The molecule has 3 rings (SSSR count). The van der Waals surface area contributed by atoms with E-state index in [-0.39, 0.29) is 0 Å². The van der Waals surface area contributed by atoms with Crippen molar-refractivity contribution in [3.63, 3.8) is 0 Å². The number of hydrogen-bond acceptors (Lipinski definition) is 4. The van der Waals surface area contributed by atoms with Gasteiger partial charge in [0.25, 0.3) is 0 Å². The predicted molar refractivity (Wildman–Crippen MR) is 95.6 cm³/mol. The van der Waals surface area contributed by atoms with Crippen LogP contribution in [0, 0.1) is 11.3 Å². The minimum absolute atomic E-state index is 0.352. The smallest absolute Gasteiger partial charge is 0.144 e. The molecule has 0 bridgehead atoms. The van der Waals surface area contributed by atoms with E-state index in [4.69, 9.17) is 10.1 Å². The molecule has 120 valence electrons. The normalized spacial score (nSPS) is 14.0. The Balaban J connectivity index is 1.71. The Hall–Kier alpha value is -2.49. The van der Waals surface area contributed by atoms with Crippen LogP contribution in [-0.2, 0) is 6.54 Å². The van der Waals surface area contributed by atoms with Gasteiger partial charge in [0, 0.05) is 6.54 Å². The Kier molecular flexibility index (Phi) is 4.81. The Morgan fingerprint density at radius 3 is 2.83 bits per heavy atom. The number of benzene rings is 2. The summed E-state index contributed by atoms with van der Waals surface area (Å²) in [6.45, 7) is 4.41. The van der Waals surface area contributed by atoms with E-state index >= 15 is 0 Å². The summed E-state index contributed by atoms with van der Waals surface area (Å²) in [4.78, 5) is 2.32. The average Bonchev–Trinajstić information content (AvgIpc) is 2.98. The van der Waals surface area contributed by atoms with Gasteiger partial charge in [-0.2, -0.15) is 0 Å². The van der Waals surface area contributed by atoms with Crippen LogP contribution in [0.25, 0.3) is 0 Å². The van der Waals surface area contributed by atoms with Crippen LogP contribution in [0.15, 0.2) is 48.5 Å². The lowest BCUT2D eigenvalue weighted by Gasteiger charge is -2.18. The van der Waals surface area contributed by atoms with Gasteiger partial charge in [0.1, 0.15) is 11.4 Å². The first kappa shape index (κ1) is 15.4. The molecule has 1 atom stereocenters. The molecule has 0 aromatic heterocycles. The zero-order chi connectivity index (χ0) is 16.1. The van der Waals surface area contributed by atoms with E-state index < -0.39 is 0 Å². The molecule has 2 aromatic carbocycles. The molecule has 0 spiro atoms. The van der Waals surface area contributed by atoms with Gasteiger partial charge >= 0.3 is 0 Å². The van der Waals surface area contributed by atoms with Crippen LogP contribution in [0.4, 0.5) is 11.4 Å². The summed E-state index contributed by atoms with van der Waals surface area (Å²) in [5, 5.41) is 10.6. The number of nitrogens with zero attached hydrogens (tertiary/aromatic N) is 1. The molecule has 0 aliphatic carbocycles. The Bertz CT molecular complexity index is 657. The SMILES string of the molecule is CC(CC=N)COc1cccc2c1NCN2Cc1ccccc1. The van der Waals surface area contributed by atoms with Crippen molar-refractivity contribution >= 4 is 17.6 Å². The lowest BCUT2D eigenvalue weighted by molar-refractivity contribution is 0.266. The highest BCUT2D eigenvalue weighted by Crippen LogP contribution is 2.39. The molecule has 1 aliphatic rings. The number of anilines is 2. The van der Waals surface area contributed by atoms with Crippen LogP contribution in [0.2, 0.25) is 0 Å². The van der Waals surface area contributed by atoms with Crippen LogP contribution in [0.3, 0.4) is 0 Å². The van der Waals surface area contributed by atoms with Crippen molar-refractivity contribution < 1.29 is 4.74 Å². The fraction of sp³-hybridized carbons (Fsp3) is 0.316. The second kappa shape index (κ2) is 7.18. The molecule has 2 aromatic rings. The van der Waals surface area contributed by atoms with Gasteiger partial charge in [-0.3, -0.25) is 0 Å². The van der Waals surface area contributed by atoms with Gasteiger partial charge < -0.3 is 20.4 Å². The maximum Gasteiger partial charge on any atom is 0.144 e. The largest absolute Gasteiger partial charge is 0.491 e. The van der Waals surface area contributed by atoms with Crippen molar-refractivity contribution in [2.75, 3.05) is 23.5 Å². The molecule has 4 heteroatoms. The first-order valence-electron chi connectivity index (χ1n) is 8.05. The first-order chi connectivity index (χ1) is 11.3. The van der Waals surface area contributed by atoms with Gasteiger partial charge in [0.05, 0.1) is 19.0 Å². The molecule has 1 aliphatic heterocycles. The molecular formula is C19H23N3O. The number of ether oxygens (including phenoxy) is 1. The minimum atomic E-state index is 0.352. The molecule has 0 saturated carbocycles. The molecule has 0 radical (unpaired) electrons. The summed E-state index contributed by atoms with van der Waals surface area (Å²) in [6.07, 6.45) is 2.20. The third-order valence-corrected chi connectivity index (χ3v) is 4.05. The van der Waals surface area contributed by atoms with E-state index in [2.05, 4.69) is 47.5 Å². The van der Waals surface area contributed by atoms with E-state index in [0.717, 1.165) is 31.1 Å². The summed E-state index contributed by atoms with van der Waals surface area (Å²) in [5.41, 5.74) is 3.56. The zero-order valence-corrected chi connectivity index (χ0v) is 13.5. The van der Waals surface area contributed by atoms with E-state index in [9.17, 15) is 0 Å². The number of para-hydroxylation sites is 1. The summed E-state index contributed by atoms with van der Waals surface area (Å²) in [7, 11) is 0. The number of hydrogen-bond donors (Lipinski definition) is 2. The van der Waals surface area contributed by atoms with Crippen molar-refractivity contribution in [3.05, 3.63) is 54.1 Å². The maximum absolute atomic E-state index is 7.17. The lowest BCUT2D eigenvalue weighted by Crippen LogP contribution is -2.21. The van der Waals surface area contributed by atoms with Crippen molar-refractivity contribution in [2.45, 2.75) is 19.9 Å². The van der Waals surface area contributed by atoms with Gasteiger partial charge in [0.2, 0.25) is 0 Å². The Labute approximate surface area is 137 Å². The summed E-state index contributed by atoms with van der Waals surface area (Å²) in [6, 6.07) is 16.7. The fourth-order valence-electron chi connectivity index (χ4n) is 2.79. The summed E-state index contributed by atoms with van der Waals surface area (Å²) < 4.78 is 5.97. The number of fused-ring (bicyclic) bond motifs is 1. The Morgan fingerprint density at radius 1 is 1.22 bits per heavy atom. The van der Waals surface area contributed by atoms with Crippen molar-refractivity contribution in [1.29, 1.82) is 5.41 Å². The average molecular weight is 309 g/mol. The number of rotatable bonds is 7. The highest BCUT2D eigenvalue weighted by molar-refractivity contribution is 5.80. The van der Waals surface area contributed by atoms with Gasteiger partial charge in [0.15, 0.2) is 0 Å². The maximum atomic E-state index is 7.17. The summed E-state index contributed by atoms with van der Waals surface area (Å²) >= 11 is 0. The first-order valence-corrected chi connectivity index (χ1v) is 8.05. The molecule has 2 N–H and O–H groups in total.